The van der Waals surface area contributed by atoms with Crippen LogP contribution in [0.25, 0.3) is 0 Å². The van der Waals surface area contributed by atoms with Gasteiger partial charge in [0.2, 0.25) is 0 Å². The molecule has 0 heterocycles. The Balaban J connectivity index is 1.68. The number of benzene rings is 3. The summed E-state index contributed by atoms with van der Waals surface area (Å²) < 4.78 is 0. The molecule has 0 aromatic heterocycles. The molecular weight excluding hydrogens is 418 g/mol. The van der Waals surface area contributed by atoms with E-state index in [0.717, 1.165) is 11.1 Å². The van der Waals surface area contributed by atoms with Gasteiger partial charge in [0.1, 0.15) is 11.7 Å². The number of nitrogens with one attached hydrogen (secondary N) is 2. The molecular formula is C24H25N7O2. The lowest BCUT2D eigenvalue weighted by Crippen LogP contribution is -2.17. The third-order valence-electron chi connectivity index (χ3n) is 4.92. The Morgan fingerprint density at radius 2 is 1.09 bits per heavy atom. The number of carbonyl (C=O) groups excluding carboxylic acids is 2. The van der Waals surface area contributed by atoms with Crippen LogP contribution in [0, 0.1) is 0 Å². The Labute approximate surface area is 191 Å². The smallest absolute Gasteiger partial charge is 0.257 e. The number of nitrogens with zero attached hydrogens (tertiary/aromatic N) is 2. The average molecular weight is 444 g/mol. The van der Waals surface area contributed by atoms with E-state index in [1.807, 2.05) is 0 Å². The monoisotopic (exact) mass is 443 g/mol. The van der Waals surface area contributed by atoms with Crippen LogP contribution in [0.1, 0.15) is 31.8 Å². The van der Waals surface area contributed by atoms with Crippen LogP contribution < -0.4 is 27.8 Å². The van der Waals surface area contributed by atoms with Crippen molar-refractivity contribution in [3.8, 4) is 0 Å². The summed E-state index contributed by atoms with van der Waals surface area (Å²) in [6.45, 7) is 0. The minimum atomic E-state index is -0.393. The van der Waals surface area contributed by atoms with Crippen molar-refractivity contribution in [2.24, 2.45) is 21.5 Å². The molecule has 3 aromatic carbocycles. The van der Waals surface area contributed by atoms with Crippen molar-refractivity contribution in [1.82, 2.24) is 0 Å². The molecule has 0 saturated carbocycles. The molecule has 0 saturated heterocycles. The Bertz CT molecular complexity index is 1230. The highest BCUT2D eigenvalue weighted by molar-refractivity contribution is 6.10. The molecule has 168 valence electrons. The first-order chi connectivity index (χ1) is 15.8. The van der Waals surface area contributed by atoms with Crippen molar-refractivity contribution < 1.29 is 9.59 Å². The van der Waals surface area contributed by atoms with Gasteiger partial charge in [0.15, 0.2) is 0 Å². The van der Waals surface area contributed by atoms with Gasteiger partial charge in [-0.3, -0.25) is 19.6 Å². The number of hydrogen-bond acceptors (Lipinski definition) is 5. The van der Waals surface area contributed by atoms with E-state index >= 15 is 0 Å². The standard InChI is InChI=1S/C24H25N7O2/c1-28-21(26)14-3-8-17(9-4-14)30-23(32)16-7-12-19(20(25)13-16)24(33)31-18-10-5-15(6-11-18)22(27)29-2/h3-13H,25H2,1-2H3,(H2,26,28)(H2,27,29)(H,30,32)(H,31,33). The second-order valence-electron chi connectivity index (χ2n) is 7.08. The Morgan fingerprint density at radius 3 is 1.52 bits per heavy atom. The van der Waals surface area contributed by atoms with Crippen LogP contribution in [0.3, 0.4) is 0 Å². The van der Waals surface area contributed by atoms with Gasteiger partial charge < -0.3 is 27.8 Å². The van der Waals surface area contributed by atoms with E-state index in [1.54, 1.807) is 62.6 Å². The predicted octanol–water partition coefficient (Wildman–Crippen LogP) is 2.44. The van der Waals surface area contributed by atoms with Crippen molar-refractivity contribution in [3.63, 3.8) is 0 Å². The molecule has 0 aliphatic rings. The van der Waals surface area contributed by atoms with Crippen molar-refractivity contribution in [2.75, 3.05) is 30.5 Å². The van der Waals surface area contributed by atoms with Crippen LogP contribution in [-0.2, 0) is 0 Å². The number of rotatable bonds is 6. The van der Waals surface area contributed by atoms with Gasteiger partial charge in [0, 0.05) is 47.8 Å². The maximum absolute atomic E-state index is 12.6. The van der Waals surface area contributed by atoms with Crippen LogP contribution in [0.5, 0.6) is 0 Å². The Kier molecular flexibility index (Phi) is 7.04. The summed E-state index contributed by atoms with van der Waals surface area (Å²) in [6.07, 6.45) is 0. The second kappa shape index (κ2) is 10.1. The number of hydrogen-bond donors (Lipinski definition) is 5. The normalized spacial score (nSPS) is 11.7. The van der Waals surface area contributed by atoms with Crippen LogP contribution in [-0.4, -0.2) is 37.6 Å². The van der Waals surface area contributed by atoms with Gasteiger partial charge in [-0.2, -0.15) is 0 Å². The zero-order chi connectivity index (χ0) is 24.0. The quantitative estimate of drug-likeness (QED) is 0.224. The summed E-state index contributed by atoms with van der Waals surface area (Å²) in [6, 6.07) is 18.4. The van der Waals surface area contributed by atoms with E-state index in [2.05, 4.69) is 20.6 Å². The van der Waals surface area contributed by atoms with Gasteiger partial charge in [-0.1, -0.05) is 0 Å². The van der Waals surface area contributed by atoms with E-state index in [1.165, 1.54) is 18.2 Å². The van der Waals surface area contributed by atoms with Crippen molar-refractivity contribution in [2.45, 2.75) is 0 Å². The van der Waals surface area contributed by atoms with Crippen molar-refractivity contribution >= 4 is 40.5 Å². The van der Waals surface area contributed by atoms with Crippen LogP contribution in [0.15, 0.2) is 76.7 Å². The maximum Gasteiger partial charge on any atom is 0.257 e. The molecule has 8 N–H and O–H groups in total. The number of amidine groups is 2. The summed E-state index contributed by atoms with van der Waals surface area (Å²) in [4.78, 5) is 33.1. The molecule has 9 heteroatoms. The first-order valence-corrected chi connectivity index (χ1v) is 10.00. The van der Waals surface area contributed by atoms with E-state index in [0.29, 0.717) is 28.6 Å². The lowest BCUT2D eigenvalue weighted by Gasteiger charge is -2.11. The van der Waals surface area contributed by atoms with E-state index in [9.17, 15) is 9.59 Å². The molecule has 0 unspecified atom stereocenters. The molecule has 3 rings (SSSR count). The number of nitrogens with two attached hydrogens (primary N) is 3. The zero-order valence-electron chi connectivity index (χ0n) is 18.3. The lowest BCUT2D eigenvalue weighted by molar-refractivity contribution is 0.101. The molecule has 3 aromatic rings. The van der Waals surface area contributed by atoms with Crippen molar-refractivity contribution in [3.05, 3.63) is 89.0 Å². The summed E-state index contributed by atoms with van der Waals surface area (Å²) in [5, 5.41) is 5.55. The first kappa shape index (κ1) is 23.0. The molecule has 0 bridgehead atoms. The van der Waals surface area contributed by atoms with Gasteiger partial charge in [0.25, 0.3) is 11.8 Å². The summed E-state index contributed by atoms with van der Waals surface area (Å²) >= 11 is 0. The van der Waals surface area contributed by atoms with E-state index in [4.69, 9.17) is 17.2 Å². The van der Waals surface area contributed by atoms with Gasteiger partial charge in [-0.15, -0.1) is 0 Å². The highest BCUT2D eigenvalue weighted by atomic mass is 16.2. The fraction of sp³-hybridized carbons (Fsp3) is 0.0833. The second-order valence-corrected chi connectivity index (χ2v) is 7.08. The van der Waals surface area contributed by atoms with Gasteiger partial charge in [-0.05, 0) is 66.7 Å². The van der Waals surface area contributed by atoms with Gasteiger partial charge in [-0.25, -0.2) is 0 Å². The number of aliphatic imine (C=N–C) groups is 2. The van der Waals surface area contributed by atoms with E-state index in [-0.39, 0.29) is 17.2 Å². The highest BCUT2D eigenvalue weighted by Gasteiger charge is 2.14. The molecule has 0 aliphatic carbocycles. The number of amides is 2. The number of carbonyl (C=O) groups is 2. The fourth-order valence-corrected chi connectivity index (χ4v) is 3.02. The Hall–Kier alpha value is -4.66. The van der Waals surface area contributed by atoms with Crippen LogP contribution >= 0.6 is 0 Å². The van der Waals surface area contributed by atoms with Gasteiger partial charge >= 0.3 is 0 Å². The molecule has 0 radical (unpaired) electrons. The molecule has 0 spiro atoms. The van der Waals surface area contributed by atoms with Crippen molar-refractivity contribution in [1.29, 1.82) is 0 Å². The molecule has 0 aliphatic heterocycles. The zero-order valence-corrected chi connectivity index (χ0v) is 18.3. The minimum absolute atomic E-state index is 0.182. The van der Waals surface area contributed by atoms with E-state index < -0.39 is 5.91 Å². The average Bonchev–Trinajstić information content (AvgIpc) is 2.83. The largest absolute Gasteiger partial charge is 0.398 e. The SMILES string of the molecule is CN=C(N)c1ccc(NC(=O)c2ccc(C(=O)Nc3ccc(C(N)=NC)cc3)c(N)c2)cc1. The van der Waals surface area contributed by atoms with Gasteiger partial charge in [0.05, 0.1) is 5.56 Å². The predicted molar refractivity (Wildman–Crippen MR) is 133 cm³/mol. The van der Waals surface area contributed by atoms with Crippen LogP contribution in [0.2, 0.25) is 0 Å². The summed E-state index contributed by atoms with van der Waals surface area (Å²) in [7, 11) is 3.21. The molecule has 9 nitrogen and oxygen atoms in total. The summed E-state index contributed by atoms with van der Waals surface area (Å²) in [5.74, 6) is 0.0599. The lowest BCUT2D eigenvalue weighted by atomic mass is 10.1. The minimum Gasteiger partial charge on any atom is -0.398 e. The highest BCUT2D eigenvalue weighted by Crippen LogP contribution is 2.19. The first-order valence-electron chi connectivity index (χ1n) is 10.00. The maximum atomic E-state index is 12.6. The van der Waals surface area contributed by atoms with Crippen LogP contribution in [0.4, 0.5) is 17.1 Å². The molecule has 0 fully saturated rings. The molecule has 33 heavy (non-hydrogen) atoms. The third kappa shape index (κ3) is 5.53. The number of nitrogen functional groups attached to an aromatic ring is 1. The number of anilines is 3. The molecule has 0 atom stereocenters. The molecule has 2 amide bonds. The Morgan fingerprint density at radius 1 is 0.667 bits per heavy atom. The topological polar surface area (TPSA) is 161 Å². The fourth-order valence-electron chi connectivity index (χ4n) is 3.02. The third-order valence-corrected chi connectivity index (χ3v) is 4.92. The summed E-state index contributed by atoms with van der Waals surface area (Å²) in [5.41, 5.74) is 21.0.